The number of hydrogen-bond acceptors (Lipinski definition) is 4. The van der Waals surface area contributed by atoms with E-state index in [1.807, 2.05) is 5.38 Å². The molecule has 1 aromatic carbocycles. The van der Waals surface area contributed by atoms with E-state index in [4.69, 9.17) is 10.5 Å². The molecule has 0 spiro atoms. The van der Waals surface area contributed by atoms with Crippen LogP contribution in [-0.4, -0.2) is 11.1 Å². The summed E-state index contributed by atoms with van der Waals surface area (Å²) in [6, 6.07) is 8.53. The van der Waals surface area contributed by atoms with Crippen molar-refractivity contribution in [1.82, 2.24) is 4.98 Å². The summed E-state index contributed by atoms with van der Waals surface area (Å²) in [6.07, 6.45) is 6.91. The lowest BCUT2D eigenvalue weighted by molar-refractivity contribution is 0.0169. The number of rotatable bonds is 5. The highest BCUT2D eigenvalue weighted by Crippen LogP contribution is 2.25. The molecule has 3 rings (SSSR count). The maximum absolute atomic E-state index is 6.01. The molecular formula is C17H22N2OS. The molecule has 1 aromatic heterocycles. The third kappa shape index (κ3) is 3.90. The van der Waals surface area contributed by atoms with Gasteiger partial charge in [0, 0.05) is 17.5 Å². The Morgan fingerprint density at radius 1 is 1.14 bits per heavy atom. The lowest BCUT2D eigenvalue weighted by atomic mass is 9.98. The highest BCUT2D eigenvalue weighted by molar-refractivity contribution is 7.13. The highest BCUT2D eigenvalue weighted by Gasteiger charge is 2.13. The third-order valence-corrected chi connectivity index (χ3v) is 4.94. The second kappa shape index (κ2) is 7.16. The van der Waals surface area contributed by atoms with Crippen molar-refractivity contribution in [3.63, 3.8) is 0 Å². The summed E-state index contributed by atoms with van der Waals surface area (Å²) in [6.45, 7) is 1.22. The van der Waals surface area contributed by atoms with Gasteiger partial charge in [-0.05, 0) is 18.4 Å². The lowest BCUT2D eigenvalue weighted by Gasteiger charge is -2.22. The first-order valence-corrected chi connectivity index (χ1v) is 8.58. The SMILES string of the molecule is NCc1csc(-c2ccc(COC3CCCCC3)cc2)n1. The molecule has 1 fully saturated rings. The fourth-order valence-corrected chi connectivity index (χ4v) is 3.56. The summed E-state index contributed by atoms with van der Waals surface area (Å²) in [4.78, 5) is 4.51. The van der Waals surface area contributed by atoms with E-state index < -0.39 is 0 Å². The van der Waals surface area contributed by atoms with Crippen molar-refractivity contribution >= 4 is 11.3 Å². The molecular weight excluding hydrogens is 280 g/mol. The average molecular weight is 302 g/mol. The normalized spacial score (nSPS) is 16.2. The molecule has 21 heavy (non-hydrogen) atoms. The molecule has 0 aliphatic heterocycles. The average Bonchev–Trinajstić information content (AvgIpc) is 3.03. The van der Waals surface area contributed by atoms with Gasteiger partial charge in [-0.2, -0.15) is 0 Å². The zero-order valence-electron chi connectivity index (χ0n) is 12.3. The molecule has 3 nitrogen and oxygen atoms in total. The Kier molecular flexibility index (Phi) is 5.01. The number of aromatic nitrogens is 1. The molecule has 1 heterocycles. The van der Waals surface area contributed by atoms with Crippen molar-refractivity contribution in [3.05, 3.63) is 40.9 Å². The van der Waals surface area contributed by atoms with Gasteiger partial charge in [0.25, 0.3) is 0 Å². The van der Waals surface area contributed by atoms with E-state index >= 15 is 0 Å². The molecule has 112 valence electrons. The molecule has 0 unspecified atom stereocenters. The third-order valence-electron chi connectivity index (χ3n) is 4.00. The minimum Gasteiger partial charge on any atom is -0.374 e. The van der Waals surface area contributed by atoms with Gasteiger partial charge >= 0.3 is 0 Å². The van der Waals surface area contributed by atoms with Crippen LogP contribution >= 0.6 is 11.3 Å². The van der Waals surface area contributed by atoms with Gasteiger partial charge < -0.3 is 10.5 Å². The zero-order valence-corrected chi connectivity index (χ0v) is 13.1. The Bertz CT molecular complexity index is 558. The van der Waals surface area contributed by atoms with Crippen molar-refractivity contribution < 1.29 is 4.74 Å². The Labute approximate surface area is 130 Å². The minimum atomic E-state index is 0.463. The molecule has 0 amide bonds. The van der Waals surface area contributed by atoms with Crippen molar-refractivity contribution in [2.45, 2.75) is 51.4 Å². The van der Waals surface area contributed by atoms with Gasteiger partial charge in [-0.25, -0.2) is 4.98 Å². The van der Waals surface area contributed by atoms with Crippen LogP contribution in [0.25, 0.3) is 10.6 Å². The van der Waals surface area contributed by atoms with Gasteiger partial charge in [-0.3, -0.25) is 0 Å². The number of nitrogens with zero attached hydrogens (tertiary/aromatic N) is 1. The quantitative estimate of drug-likeness (QED) is 0.904. The molecule has 0 saturated heterocycles. The van der Waals surface area contributed by atoms with Crippen LogP contribution in [0.3, 0.4) is 0 Å². The van der Waals surface area contributed by atoms with E-state index in [-0.39, 0.29) is 0 Å². The Morgan fingerprint density at radius 2 is 1.90 bits per heavy atom. The van der Waals surface area contributed by atoms with Gasteiger partial charge in [-0.1, -0.05) is 43.5 Å². The van der Waals surface area contributed by atoms with Crippen molar-refractivity contribution in [2.24, 2.45) is 5.73 Å². The van der Waals surface area contributed by atoms with Crippen LogP contribution in [-0.2, 0) is 17.9 Å². The molecule has 4 heteroatoms. The molecule has 2 N–H and O–H groups in total. The minimum absolute atomic E-state index is 0.463. The van der Waals surface area contributed by atoms with E-state index in [0.29, 0.717) is 12.6 Å². The van der Waals surface area contributed by atoms with Gasteiger partial charge in [-0.15, -0.1) is 11.3 Å². The Balaban J connectivity index is 1.58. The summed E-state index contributed by atoms with van der Waals surface area (Å²) in [5, 5.41) is 3.06. The van der Waals surface area contributed by atoms with Gasteiger partial charge in [0.2, 0.25) is 0 Å². The van der Waals surface area contributed by atoms with Gasteiger partial charge in [0.1, 0.15) is 5.01 Å². The van der Waals surface area contributed by atoms with Crippen LogP contribution in [0, 0.1) is 0 Å². The second-order valence-electron chi connectivity index (χ2n) is 5.62. The number of nitrogens with two attached hydrogens (primary N) is 1. The Hall–Kier alpha value is -1.23. The fraction of sp³-hybridized carbons (Fsp3) is 0.471. The summed E-state index contributed by atoms with van der Waals surface area (Å²) in [5.74, 6) is 0. The molecule has 1 saturated carbocycles. The van der Waals surface area contributed by atoms with Crippen LogP contribution < -0.4 is 5.73 Å². The second-order valence-corrected chi connectivity index (χ2v) is 6.47. The topological polar surface area (TPSA) is 48.1 Å². The van der Waals surface area contributed by atoms with Crippen molar-refractivity contribution in [3.8, 4) is 10.6 Å². The molecule has 0 bridgehead atoms. The molecule has 1 aliphatic rings. The van der Waals surface area contributed by atoms with Crippen LogP contribution in [0.5, 0.6) is 0 Å². The Morgan fingerprint density at radius 3 is 2.57 bits per heavy atom. The van der Waals surface area contributed by atoms with Crippen LogP contribution in [0.2, 0.25) is 0 Å². The first-order chi connectivity index (χ1) is 10.3. The van der Waals surface area contributed by atoms with Crippen LogP contribution in [0.1, 0.15) is 43.4 Å². The molecule has 0 atom stereocenters. The summed E-state index contributed by atoms with van der Waals surface area (Å²) in [7, 11) is 0. The first-order valence-electron chi connectivity index (χ1n) is 7.70. The van der Waals surface area contributed by atoms with E-state index in [1.54, 1.807) is 11.3 Å². The zero-order chi connectivity index (χ0) is 14.5. The first kappa shape index (κ1) is 14.7. The lowest BCUT2D eigenvalue weighted by Crippen LogP contribution is -2.16. The fourth-order valence-electron chi connectivity index (χ4n) is 2.72. The van der Waals surface area contributed by atoms with Crippen molar-refractivity contribution in [1.29, 1.82) is 0 Å². The van der Waals surface area contributed by atoms with E-state index in [9.17, 15) is 0 Å². The van der Waals surface area contributed by atoms with Gasteiger partial charge in [0.05, 0.1) is 18.4 Å². The maximum Gasteiger partial charge on any atom is 0.123 e. The highest BCUT2D eigenvalue weighted by atomic mass is 32.1. The summed E-state index contributed by atoms with van der Waals surface area (Å²) in [5.41, 5.74) is 8.95. The van der Waals surface area contributed by atoms with E-state index in [0.717, 1.165) is 22.9 Å². The summed E-state index contributed by atoms with van der Waals surface area (Å²) < 4.78 is 6.01. The maximum atomic E-state index is 6.01. The predicted molar refractivity (Wildman–Crippen MR) is 87.1 cm³/mol. The van der Waals surface area contributed by atoms with Crippen molar-refractivity contribution in [2.75, 3.05) is 0 Å². The smallest absolute Gasteiger partial charge is 0.123 e. The molecule has 2 aromatic rings. The summed E-state index contributed by atoms with van der Waals surface area (Å²) >= 11 is 1.65. The van der Waals surface area contributed by atoms with E-state index in [1.165, 1.54) is 37.7 Å². The standard InChI is InChI=1S/C17H22N2OS/c18-10-15-12-21-17(19-15)14-8-6-13(7-9-14)11-20-16-4-2-1-3-5-16/h6-9,12,16H,1-5,10-11,18H2. The van der Waals surface area contributed by atoms with E-state index in [2.05, 4.69) is 29.2 Å². The number of hydrogen-bond donors (Lipinski definition) is 1. The monoisotopic (exact) mass is 302 g/mol. The molecule has 0 radical (unpaired) electrons. The number of benzene rings is 1. The number of thiazole rings is 1. The predicted octanol–water partition coefficient (Wildman–Crippen LogP) is 4.12. The molecule has 1 aliphatic carbocycles. The van der Waals surface area contributed by atoms with Gasteiger partial charge in [0.15, 0.2) is 0 Å². The van der Waals surface area contributed by atoms with Crippen LogP contribution in [0.4, 0.5) is 0 Å². The largest absolute Gasteiger partial charge is 0.374 e. The van der Waals surface area contributed by atoms with Crippen LogP contribution in [0.15, 0.2) is 29.6 Å². The number of ether oxygens (including phenoxy) is 1.